The van der Waals surface area contributed by atoms with Gasteiger partial charge >= 0.3 is 0 Å². The normalized spacial score (nSPS) is 20.3. The molecule has 1 aliphatic heterocycles. The van der Waals surface area contributed by atoms with Crippen LogP contribution in [0.4, 0.5) is 0 Å². The Morgan fingerprint density at radius 3 is 2.61 bits per heavy atom. The van der Waals surface area contributed by atoms with Crippen molar-refractivity contribution in [3.05, 3.63) is 0 Å². The van der Waals surface area contributed by atoms with Gasteiger partial charge in [0.05, 0.1) is 0 Å². The number of likely N-dealkylation sites (tertiary alicyclic amines) is 1. The van der Waals surface area contributed by atoms with Crippen molar-refractivity contribution in [2.45, 2.75) is 45.6 Å². The molecule has 3 N–H and O–H groups in total. The number of nitrogens with two attached hydrogens (primary N) is 1. The SMILES string of the molecule is CCC(C)NC(N)=NCCC1CCN(C)CC1.I. The lowest BCUT2D eigenvalue weighted by Crippen LogP contribution is -2.38. The first kappa shape index (κ1) is 18.0. The van der Waals surface area contributed by atoms with E-state index in [1.165, 1.54) is 32.4 Å². The van der Waals surface area contributed by atoms with Crippen LogP contribution in [0.2, 0.25) is 0 Å². The third-order valence-electron chi connectivity index (χ3n) is 3.66. The fraction of sp³-hybridized carbons (Fsp3) is 0.923. The summed E-state index contributed by atoms with van der Waals surface area (Å²) in [4.78, 5) is 6.80. The van der Waals surface area contributed by atoms with E-state index in [0.717, 1.165) is 18.9 Å². The summed E-state index contributed by atoms with van der Waals surface area (Å²) in [6.45, 7) is 7.59. The van der Waals surface area contributed by atoms with Crippen LogP contribution in [-0.2, 0) is 0 Å². The van der Waals surface area contributed by atoms with Gasteiger partial charge in [0, 0.05) is 12.6 Å². The maximum absolute atomic E-state index is 5.82. The van der Waals surface area contributed by atoms with E-state index in [0.29, 0.717) is 12.0 Å². The Balaban J connectivity index is 0.00000289. The molecule has 0 saturated carbocycles. The summed E-state index contributed by atoms with van der Waals surface area (Å²) in [5.74, 6) is 1.44. The fourth-order valence-electron chi connectivity index (χ4n) is 2.12. The van der Waals surface area contributed by atoms with Gasteiger partial charge in [-0.3, -0.25) is 4.99 Å². The quantitative estimate of drug-likeness (QED) is 0.444. The second-order valence-corrected chi connectivity index (χ2v) is 5.26. The number of hydrogen-bond acceptors (Lipinski definition) is 2. The summed E-state index contributed by atoms with van der Waals surface area (Å²) in [7, 11) is 2.20. The summed E-state index contributed by atoms with van der Waals surface area (Å²) in [6, 6.07) is 0.419. The van der Waals surface area contributed by atoms with Gasteiger partial charge in [-0.25, -0.2) is 0 Å². The van der Waals surface area contributed by atoms with Crippen LogP contribution < -0.4 is 11.1 Å². The van der Waals surface area contributed by atoms with Crippen LogP contribution in [-0.4, -0.2) is 43.6 Å². The average Bonchev–Trinajstić information content (AvgIpc) is 2.31. The highest BCUT2D eigenvalue weighted by Gasteiger charge is 2.15. The number of hydrogen-bond donors (Lipinski definition) is 2. The van der Waals surface area contributed by atoms with Crippen molar-refractivity contribution in [3.63, 3.8) is 0 Å². The van der Waals surface area contributed by atoms with E-state index in [1.807, 2.05) is 0 Å². The van der Waals surface area contributed by atoms with Gasteiger partial charge in [0.25, 0.3) is 0 Å². The molecule has 0 bridgehead atoms. The Bertz CT molecular complexity index is 237. The molecule has 1 heterocycles. The Labute approximate surface area is 129 Å². The smallest absolute Gasteiger partial charge is 0.188 e. The van der Waals surface area contributed by atoms with Gasteiger partial charge in [0.15, 0.2) is 5.96 Å². The minimum absolute atomic E-state index is 0. The molecule has 0 amide bonds. The van der Waals surface area contributed by atoms with Crippen molar-refractivity contribution in [1.29, 1.82) is 0 Å². The van der Waals surface area contributed by atoms with Gasteiger partial charge in [-0.2, -0.15) is 0 Å². The molecule has 0 spiro atoms. The molecular formula is C13H29IN4. The van der Waals surface area contributed by atoms with Gasteiger partial charge < -0.3 is 16.0 Å². The fourth-order valence-corrected chi connectivity index (χ4v) is 2.12. The highest BCUT2D eigenvalue weighted by Crippen LogP contribution is 2.19. The van der Waals surface area contributed by atoms with Crippen LogP contribution in [0.5, 0.6) is 0 Å². The summed E-state index contributed by atoms with van der Waals surface area (Å²) in [5.41, 5.74) is 5.82. The molecule has 1 fully saturated rings. The standard InChI is InChI=1S/C13H28N4.HI/c1-4-11(2)16-13(14)15-8-5-12-6-9-17(3)10-7-12;/h11-12H,4-10H2,1-3H3,(H3,14,15,16);1H. The predicted molar refractivity (Wildman–Crippen MR) is 89.6 cm³/mol. The van der Waals surface area contributed by atoms with E-state index >= 15 is 0 Å². The van der Waals surface area contributed by atoms with Crippen molar-refractivity contribution in [1.82, 2.24) is 10.2 Å². The molecule has 1 unspecified atom stereocenters. The van der Waals surface area contributed by atoms with Crippen LogP contribution in [0.15, 0.2) is 4.99 Å². The summed E-state index contributed by atoms with van der Waals surface area (Å²) in [6.07, 6.45) is 4.87. The zero-order valence-corrected chi connectivity index (χ0v) is 14.3. The van der Waals surface area contributed by atoms with Crippen LogP contribution >= 0.6 is 24.0 Å². The number of halogens is 1. The molecule has 1 atom stereocenters. The van der Waals surface area contributed by atoms with E-state index in [4.69, 9.17) is 5.73 Å². The second-order valence-electron chi connectivity index (χ2n) is 5.26. The number of aliphatic imine (C=N–C) groups is 1. The molecule has 1 rings (SSSR count). The average molecular weight is 368 g/mol. The molecule has 0 aromatic heterocycles. The lowest BCUT2D eigenvalue weighted by Gasteiger charge is -2.28. The number of guanidine groups is 1. The van der Waals surface area contributed by atoms with Crippen LogP contribution in [0.1, 0.15) is 39.5 Å². The molecule has 1 saturated heterocycles. The Hall–Kier alpha value is -0.0400. The summed E-state index contributed by atoms with van der Waals surface area (Å²) in [5, 5.41) is 3.19. The van der Waals surface area contributed by atoms with Crippen molar-refractivity contribution < 1.29 is 0 Å². The van der Waals surface area contributed by atoms with E-state index in [1.54, 1.807) is 0 Å². The first-order chi connectivity index (χ1) is 8.11. The molecular weight excluding hydrogens is 339 g/mol. The summed E-state index contributed by atoms with van der Waals surface area (Å²) >= 11 is 0. The van der Waals surface area contributed by atoms with Gasteiger partial charge in [-0.15, -0.1) is 24.0 Å². The van der Waals surface area contributed by atoms with Gasteiger partial charge in [-0.05, 0) is 58.7 Å². The number of nitrogens with zero attached hydrogens (tertiary/aromatic N) is 2. The molecule has 0 aliphatic carbocycles. The van der Waals surface area contributed by atoms with Crippen LogP contribution in [0.3, 0.4) is 0 Å². The molecule has 18 heavy (non-hydrogen) atoms. The zero-order valence-electron chi connectivity index (χ0n) is 12.0. The highest BCUT2D eigenvalue weighted by molar-refractivity contribution is 14.0. The third kappa shape index (κ3) is 7.41. The first-order valence-electron chi connectivity index (χ1n) is 6.86. The van der Waals surface area contributed by atoms with Crippen molar-refractivity contribution in [2.75, 3.05) is 26.7 Å². The number of nitrogens with one attached hydrogen (secondary N) is 1. The van der Waals surface area contributed by atoms with E-state index in [9.17, 15) is 0 Å². The summed E-state index contributed by atoms with van der Waals surface area (Å²) < 4.78 is 0. The maximum Gasteiger partial charge on any atom is 0.188 e. The van der Waals surface area contributed by atoms with Crippen molar-refractivity contribution >= 4 is 29.9 Å². The van der Waals surface area contributed by atoms with Gasteiger partial charge in [0.1, 0.15) is 0 Å². The zero-order chi connectivity index (χ0) is 12.7. The Morgan fingerprint density at radius 2 is 2.06 bits per heavy atom. The van der Waals surface area contributed by atoms with Crippen molar-refractivity contribution in [3.8, 4) is 0 Å². The Morgan fingerprint density at radius 1 is 1.44 bits per heavy atom. The monoisotopic (exact) mass is 368 g/mol. The molecule has 0 radical (unpaired) electrons. The number of rotatable bonds is 5. The maximum atomic E-state index is 5.82. The van der Waals surface area contributed by atoms with Gasteiger partial charge in [0.2, 0.25) is 0 Å². The topological polar surface area (TPSA) is 53.6 Å². The highest BCUT2D eigenvalue weighted by atomic mass is 127. The van der Waals surface area contributed by atoms with Crippen LogP contribution in [0, 0.1) is 5.92 Å². The lowest BCUT2D eigenvalue weighted by molar-refractivity contribution is 0.214. The van der Waals surface area contributed by atoms with E-state index < -0.39 is 0 Å². The van der Waals surface area contributed by atoms with Gasteiger partial charge in [-0.1, -0.05) is 6.92 Å². The lowest BCUT2D eigenvalue weighted by atomic mass is 9.94. The molecule has 108 valence electrons. The predicted octanol–water partition coefficient (Wildman–Crippen LogP) is 2.04. The molecule has 0 aromatic carbocycles. The van der Waals surface area contributed by atoms with Crippen molar-refractivity contribution in [2.24, 2.45) is 16.6 Å². The Kier molecular flexibility index (Phi) is 9.81. The minimum Gasteiger partial charge on any atom is -0.370 e. The molecule has 0 aromatic rings. The second kappa shape index (κ2) is 9.83. The molecule has 4 nitrogen and oxygen atoms in total. The largest absolute Gasteiger partial charge is 0.370 e. The molecule has 5 heteroatoms. The van der Waals surface area contributed by atoms with Crippen LogP contribution in [0.25, 0.3) is 0 Å². The van der Waals surface area contributed by atoms with E-state index in [2.05, 4.69) is 36.1 Å². The third-order valence-corrected chi connectivity index (χ3v) is 3.66. The van der Waals surface area contributed by atoms with E-state index in [-0.39, 0.29) is 24.0 Å². The minimum atomic E-state index is 0. The molecule has 1 aliphatic rings. The first-order valence-corrected chi connectivity index (χ1v) is 6.86. The number of piperidine rings is 1.